The summed E-state index contributed by atoms with van der Waals surface area (Å²) in [5.74, 6) is -1.09. The number of aromatic nitrogens is 2. The number of para-hydroxylation sites is 1. The van der Waals surface area contributed by atoms with E-state index in [-0.39, 0.29) is 17.7 Å². The van der Waals surface area contributed by atoms with Gasteiger partial charge in [0.1, 0.15) is 24.1 Å². The van der Waals surface area contributed by atoms with Crippen LogP contribution in [0.15, 0.2) is 46.1 Å². The van der Waals surface area contributed by atoms with E-state index in [4.69, 9.17) is 18.9 Å². The van der Waals surface area contributed by atoms with Crippen LogP contribution in [-0.4, -0.2) is 50.6 Å². The van der Waals surface area contributed by atoms with Crippen LogP contribution in [0, 0.1) is 6.92 Å². The number of nitrogens with zero attached hydrogens (tertiary/aromatic N) is 1. The lowest BCUT2D eigenvalue weighted by molar-refractivity contribution is -0.138. The smallest absolute Gasteiger partial charge is 0.459 e. The van der Waals surface area contributed by atoms with E-state index in [1.807, 2.05) is 0 Å². The van der Waals surface area contributed by atoms with E-state index in [0.29, 0.717) is 0 Å². The number of aliphatic hydroxyl groups excluding tert-OH is 1. The third-order valence-electron chi connectivity index (χ3n) is 4.76. The number of aromatic amines is 1. The van der Waals surface area contributed by atoms with Crippen molar-refractivity contribution in [3.05, 3.63) is 62.9 Å². The van der Waals surface area contributed by atoms with Gasteiger partial charge in [-0.15, -0.1) is 0 Å². The molecule has 0 spiro atoms. The average molecular weight is 469 g/mol. The molecule has 1 aromatic carbocycles. The first-order valence-corrected chi connectivity index (χ1v) is 11.3. The van der Waals surface area contributed by atoms with E-state index in [2.05, 4.69) is 10.1 Å². The molecule has 4 N–H and O–H groups in total. The second-order valence-corrected chi connectivity index (χ2v) is 8.99. The van der Waals surface area contributed by atoms with Gasteiger partial charge in [-0.05, 0) is 26.0 Å². The highest BCUT2D eigenvalue weighted by molar-refractivity contribution is 7.52. The maximum absolute atomic E-state index is 13.2. The first-order valence-electron chi connectivity index (χ1n) is 9.73. The van der Waals surface area contributed by atoms with Gasteiger partial charge in [-0.1, -0.05) is 18.2 Å². The first-order chi connectivity index (χ1) is 15.1. The first kappa shape index (κ1) is 23.9. The lowest BCUT2D eigenvalue weighted by Crippen LogP contribution is -2.35. The van der Waals surface area contributed by atoms with Crippen molar-refractivity contribution in [2.75, 3.05) is 6.61 Å². The van der Waals surface area contributed by atoms with Gasteiger partial charge in [0, 0.05) is 18.2 Å². The van der Waals surface area contributed by atoms with Crippen LogP contribution < -0.4 is 20.9 Å². The number of hydrogen-bond acceptors (Lipinski definition) is 8. The molecule has 32 heavy (non-hydrogen) atoms. The summed E-state index contributed by atoms with van der Waals surface area (Å²) in [5, 5.41) is 21.8. The molecular formula is C19H24N3O9P. The maximum atomic E-state index is 13.2. The van der Waals surface area contributed by atoms with Crippen molar-refractivity contribution in [3.8, 4) is 5.75 Å². The van der Waals surface area contributed by atoms with Crippen molar-refractivity contribution < 1.29 is 33.4 Å². The van der Waals surface area contributed by atoms with Crippen LogP contribution in [0.1, 0.15) is 25.1 Å². The van der Waals surface area contributed by atoms with Gasteiger partial charge in [-0.25, -0.2) is 9.36 Å². The van der Waals surface area contributed by atoms with E-state index in [9.17, 15) is 24.1 Å². The normalized spacial score (nSPS) is 23.4. The van der Waals surface area contributed by atoms with Crippen LogP contribution in [-0.2, 0) is 18.6 Å². The van der Waals surface area contributed by atoms with Gasteiger partial charge in [0.15, 0.2) is 0 Å². The van der Waals surface area contributed by atoms with E-state index in [1.54, 1.807) is 18.2 Å². The fourth-order valence-corrected chi connectivity index (χ4v) is 4.52. The molecule has 0 amide bonds. The molecule has 1 aliphatic heterocycles. The van der Waals surface area contributed by atoms with Gasteiger partial charge >= 0.3 is 19.4 Å². The summed E-state index contributed by atoms with van der Waals surface area (Å²) in [4.78, 5) is 37.0. The Hall–Kier alpha value is -2.76. The fraction of sp³-hybridized carbons (Fsp3) is 0.421. The molecule has 1 unspecified atom stereocenters. The van der Waals surface area contributed by atoms with Gasteiger partial charge in [0.25, 0.3) is 5.56 Å². The number of rotatable bonds is 9. The molecule has 5 atom stereocenters. The Balaban J connectivity index is 1.73. The number of ether oxygens (including phenoxy) is 1. The van der Waals surface area contributed by atoms with Gasteiger partial charge in [0.2, 0.25) is 0 Å². The molecule has 1 aliphatic rings. The van der Waals surface area contributed by atoms with E-state index in [0.717, 1.165) is 4.57 Å². The second kappa shape index (κ2) is 9.80. The summed E-state index contributed by atoms with van der Waals surface area (Å²) in [6, 6.07) is 6.78. The molecule has 0 saturated carbocycles. The van der Waals surface area contributed by atoms with Crippen LogP contribution in [0.25, 0.3) is 0 Å². The summed E-state index contributed by atoms with van der Waals surface area (Å²) < 4.78 is 30.8. The molecule has 1 fully saturated rings. The SMILES string of the molecule is Cc1cn([C@@H]2C[C@@H](O)[C@H](COP(=O)(N[C@@H](C)C(=O)O)Oc3ccccc3)O2)c(=O)[nH]c1=O. The number of aryl methyl sites for hydroxylation is 1. The van der Waals surface area contributed by atoms with E-state index in [1.165, 1.54) is 32.2 Å². The summed E-state index contributed by atoms with van der Waals surface area (Å²) in [6.45, 7) is 2.37. The molecular weight excluding hydrogens is 445 g/mol. The number of aliphatic carboxylic acids is 1. The number of aliphatic hydroxyl groups is 1. The van der Waals surface area contributed by atoms with E-state index >= 15 is 0 Å². The number of benzene rings is 1. The maximum Gasteiger partial charge on any atom is 0.459 e. The molecule has 1 saturated heterocycles. The molecule has 0 aliphatic carbocycles. The van der Waals surface area contributed by atoms with Crippen molar-refractivity contribution >= 4 is 13.7 Å². The van der Waals surface area contributed by atoms with Crippen LogP contribution in [0.2, 0.25) is 0 Å². The van der Waals surface area contributed by atoms with Gasteiger partial charge < -0.3 is 19.5 Å². The molecule has 174 valence electrons. The Morgan fingerprint density at radius 2 is 2.06 bits per heavy atom. The Morgan fingerprint density at radius 1 is 1.38 bits per heavy atom. The van der Waals surface area contributed by atoms with Gasteiger partial charge in [-0.3, -0.25) is 23.7 Å². The standard InChI is InChI=1S/C19H24N3O9P/c1-11-9-22(19(27)20-17(11)24)16-8-14(23)15(30-16)10-29-32(28,21-12(2)18(25)26)31-13-6-4-3-5-7-13/h3-7,9,12,14-16,23H,8,10H2,1-2H3,(H,21,28)(H,25,26)(H,20,24,27)/t12-,14+,15-,16-,32?/m0/s1. The monoisotopic (exact) mass is 469 g/mol. The number of nitrogens with one attached hydrogen (secondary N) is 2. The molecule has 2 aromatic rings. The minimum absolute atomic E-state index is 0.0161. The summed E-state index contributed by atoms with van der Waals surface area (Å²) in [5.41, 5.74) is -0.938. The Morgan fingerprint density at radius 3 is 2.72 bits per heavy atom. The highest BCUT2D eigenvalue weighted by Crippen LogP contribution is 2.45. The van der Waals surface area contributed by atoms with Gasteiger partial charge in [-0.2, -0.15) is 5.09 Å². The average Bonchev–Trinajstić information content (AvgIpc) is 3.10. The van der Waals surface area contributed by atoms with Crippen molar-refractivity contribution in [3.63, 3.8) is 0 Å². The molecule has 1 aromatic heterocycles. The Labute approximate surface area is 182 Å². The quantitative estimate of drug-likeness (QED) is 0.385. The fourth-order valence-electron chi connectivity index (χ4n) is 3.01. The van der Waals surface area contributed by atoms with Crippen LogP contribution in [0.4, 0.5) is 0 Å². The molecule has 2 heterocycles. The van der Waals surface area contributed by atoms with Crippen molar-refractivity contribution in [1.82, 2.24) is 14.6 Å². The van der Waals surface area contributed by atoms with Gasteiger partial charge in [0.05, 0.1) is 12.7 Å². The topological polar surface area (TPSA) is 169 Å². The lowest BCUT2D eigenvalue weighted by atomic mass is 10.2. The lowest BCUT2D eigenvalue weighted by Gasteiger charge is -2.24. The minimum atomic E-state index is -4.18. The zero-order valence-electron chi connectivity index (χ0n) is 17.3. The van der Waals surface area contributed by atoms with Crippen LogP contribution in [0.5, 0.6) is 5.75 Å². The number of carbonyl (C=O) groups is 1. The van der Waals surface area contributed by atoms with E-state index < -0.39 is 56.0 Å². The second-order valence-electron chi connectivity index (χ2n) is 7.30. The van der Waals surface area contributed by atoms with Crippen LogP contribution in [0.3, 0.4) is 0 Å². The van der Waals surface area contributed by atoms with Crippen LogP contribution >= 0.6 is 7.75 Å². The van der Waals surface area contributed by atoms with Crippen molar-refractivity contribution in [2.24, 2.45) is 0 Å². The predicted molar refractivity (Wildman–Crippen MR) is 111 cm³/mol. The molecule has 12 nitrogen and oxygen atoms in total. The van der Waals surface area contributed by atoms with Crippen molar-refractivity contribution in [2.45, 2.75) is 44.7 Å². The summed E-state index contributed by atoms with van der Waals surface area (Å²) >= 11 is 0. The highest BCUT2D eigenvalue weighted by Gasteiger charge is 2.39. The number of carboxylic acid groups (broad SMARTS) is 1. The third-order valence-corrected chi connectivity index (χ3v) is 6.40. The third kappa shape index (κ3) is 5.72. The zero-order valence-corrected chi connectivity index (χ0v) is 18.2. The van der Waals surface area contributed by atoms with Crippen molar-refractivity contribution in [1.29, 1.82) is 0 Å². The Bertz CT molecular complexity index is 1120. The summed E-state index contributed by atoms with van der Waals surface area (Å²) in [6.07, 6.45) is -1.62. The Kier molecular flexibility index (Phi) is 7.32. The summed E-state index contributed by atoms with van der Waals surface area (Å²) in [7, 11) is -4.18. The zero-order chi connectivity index (χ0) is 23.5. The number of carboxylic acids is 1. The number of hydrogen-bond donors (Lipinski definition) is 4. The molecule has 0 radical (unpaired) electrons. The molecule has 3 rings (SSSR count). The minimum Gasteiger partial charge on any atom is -0.480 e. The predicted octanol–water partition coefficient (Wildman–Crippen LogP) is 0.760. The molecule has 0 bridgehead atoms. The largest absolute Gasteiger partial charge is 0.480 e. The molecule has 13 heteroatoms. The highest BCUT2D eigenvalue weighted by atomic mass is 31.2. The number of H-pyrrole nitrogens is 1.